The molecule has 0 aliphatic rings. The number of aryl methyl sites for hydroxylation is 2. The summed E-state index contributed by atoms with van der Waals surface area (Å²) in [4.78, 5) is 10.3. The first kappa shape index (κ1) is 14.6. The van der Waals surface area contributed by atoms with Crippen LogP contribution in [0.1, 0.15) is 23.1 Å². The van der Waals surface area contributed by atoms with Gasteiger partial charge in [0.15, 0.2) is 0 Å². The van der Waals surface area contributed by atoms with Gasteiger partial charge in [0.25, 0.3) is 0 Å². The van der Waals surface area contributed by atoms with E-state index in [1.807, 2.05) is 0 Å². The molecule has 0 aliphatic heterocycles. The predicted molar refractivity (Wildman–Crippen MR) is 65.8 cm³/mol. The third kappa shape index (κ3) is 4.43. The number of carboxylic acids is 1. The topological polar surface area (TPSA) is 69.6 Å². The van der Waals surface area contributed by atoms with E-state index in [9.17, 15) is 14.3 Å². The number of halogens is 1. The van der Waals surface area contributed by atoms with Gasteiger partial charge in [-0.2, -0.15) is 0 Å². The van der Waals surface area contributed by atoms with Crippen LogP contribution in [0.25, 0.3) is 0 Å². The molecule has 0 saturated carbocycles. The largest absolute Gasteiger partial charge is 0.481 e. The van der Waals surface area contributed by atoms with Gasteiger partial charge in [-0.25, -0.2) is 4.39 Å². The first-order valence-corrected chi connectivity index (χ1v) is 5.76. The summed E-state index contributed by atoms with van der Waals surface area (Å²) in [6, 6.07) is 3.47. The summed E-state index contributed by atoms with van der Waals surface area (Å²) in [5.74, 6) is -1.23. The Balaban J connectivity index is 2.47. The molecule has 4 nitrogen and oxygen atoms in total. The first-order chi connectivity index (χ1) is 8.40. The molecule has 0 amide bonds. The number of hydrogen-bond donors (Lipinski definition) is 3. The molecule has 0 spiro atoms. The van der Waals surface area contributed by atoms with Gasteiger partial charge in [-0.1, -0.05) is 12.1 Å². The SMILES string of the molecule is Cc1cc(CNCC(O)CC(=O)O)cc(C)c1F. The number of aliphatic carboxylic acids is 1. The van der Waals surface area contributed by atoms with E-state index in [0.717, 1.165) is 5.56 Å². The lowest BCUT2D eigenvalue weighted by Crippen LogP contribution is -2.28. The molecule has 100 valence electrons. The number of hydrogen-bond acceptors (Lipinski definition) is 3. The molecule has 1 unspecified atom stereocenters. The van der Waals surface area contributed by atoms with Crippen LogP contribution >= 0.6 is 0 Å². The van der Waals surface area contributed by atoms with Crippen LogP contribution in [0, 0.1) is 19.7 Å². The van der Waals surface area contributed by atoms with Crippen molar-refractivity contribution in [2.75, 3.05) is 6.54 Å². The molecule has 0 fully saturated rings. The van der Waals surface area contributed by atoms with Crippen molar-refractivity contribution in [3.8, 4) is 0 Å². The Morgan fingerprint density at radius 3 is 2.44 bits per heavy atom. The molecule has 18 heavy (non-hydrogen) atoms. The van der Waals surface area contributed by atoms with Crippen LogP contribution in [0.4, 0.5) is 4.39 Å². The Morgan fingerprint density at radius 2 is 1.94 bits per heavy atom. The molecule has 1 aromatic rings. The number of rotatable bonds is 6. The van der Waals surface area contributed by atoms with Gasteiger partial charge in [-0.05, 0) is 30.5 Å². The molecule has 0 bridgehead atoms. The number of aliphatic hydroxyl groups is 1. The van der Waals surface area contributed by atoms with Crippen LogP contribution in [0.2, 0.25) is 0 Å². The molecule has 0 heterocycles. The maximum atomic E-state index is 13.4. The lowest BCUT2D eigenvalue weighted by atomic mass is 10.1. The van der Waals surface area contributed by atoms with Crippen LogP contribution in [0.5, 0.6) is 0 Å². The van der Waals surface area contributed by atoms with E-state index in [0.29, 0.717) is 17.7 Å². The number of nitrogens with one attached hydrogen (secondary N) is 1. The van der Waals surface area contributed by atoms with E-state index >= 15 is 0 Å². The lowest BCUT2D eigenvalue weighted by Gasteiger charge is -2.11. The van der Waals surface area contributed by atoms with Crippen LogP contribution in [0.3, 0.4) is 0 Å². The molecular formula is C13H18FNO3. The zero-order valence-corrected chi connectivity index (χ0v) is 10.5. The second kappa shape index (κ2) is 6.47. The third-order valence-corrected chi connectivity index (χ3v) is 2.62. The highest BCUT2D eigenvalue weighted by atomic mass is 19.1. The van der Waals surface area contributed by atoms with Crippen LogP contribution < -0.4 is 5.32 Å². The van der Waals surface area contributed by atoms with Gasteiger partial charge in [0.05, 0.1) is 12.5 Å². The number of aliphatic hydroxyl groups excluding tert-OH is 1. The Hall–Kier alpha value is -1.46. The minimum absolute atomic E-state index is 0.196. The van der Waals surface area contributed by atoms with E-state index in [4.69, 9.17) is 5.11 Å². The minimum Gasteiger partial charge on any atom is -0.481 e. The van der Waals surface area contributed by atoms with Crippen molar-refractivity contribution in [1.29, 1.82) is 0 Å². The van der Waals surface area contributed by atoms with Crippen LogP contribution in [-0.2, 0) is 11.3 Å². The fourth-order valence-corrected chi connectivity index (χ4v) is 1.79. The van der Waals surface area contributed by atoms with Gasteiger partial charge in [0, 0.05) is 13.1 Å². The number of benzene rings is 1. The Kier molecular flexibility index (Phi) is 5.25. The van der Waals surface area contributed by atoms with E-state index < -0.39 is 12.1 Å². The van der Waals surface area contributed by atoms with Gasteiger partial charge in [-0.15, -0.1) is 0 Å². The standard InChI is InChI=1S/C13H18FNO3/c1-8-3-10(4-9(2)13(8)14)6-15-7-11(16)5-12(17)18/h3-4,11,15-16H,5-7H2,1-2H3,(H,17,18). The van der Waals surface area contributed by atoms with Crippen LogP contribution in [-0.4, -0.2) is 28.8 Å². The van der Waals surface area contributed by atoms with E-state index in [1.54, 1.807) is 26.0 Å². The fraction of sp³-hybridized carbons (Fsp3) is 0.462. The summed E-state index contributed by atoms with van der Waals surface area (Å²) in [7, 11) is 0. The molecule has 5 heteroatoms. The van der Waals surface area contributed by atoms with Crippen molar-refractivity contribution in [3.05, 3.63) is 34.6 Å². The smallest absolute Gasteiger partial charge is 0.306 e. The van der Waals surface area contributed by atoms with Crippen molar-refractivity contribution < 1.29 is 19.4 Å². The van der Waals surface area contributed by atoms with Crippen molar-refractivity contribution in [2.24, 2.45) is 0 Å². The van der Waals surface area contributed by atoms with E-state index in [-0.39, 0.29) is 18.8 Å². The van der Waals surface area contributed by atoms with Gasteiger partial charge in [-0.3, -0.25) is 4.79 Å². The molecule has 3 N–H and O–H groups in total. The number of carboxylic acid groups (broad SMARTS) is 1. The summed E-state index contributed by atoms with van der Waals surface area (Å²) in [6.07, 6.45) is -1.20. The van der Waals surface area contributed by atoms with Gasteiger partial charge in [0.1, 0.15) is 5.82 Å². The summed E-state index contributed by atoms with van der Waals surface area (Å²) >= 11 is 0. The molecular weight excluding hydrogens is 237 g/mol. The van der Waals surface area contributed by atoms with Gasteiger partial charge in [0.2, 0.25) is 0 Å². The summed E-state index contributed by atoms with van der Waals surface area (Å²) in [5, 5.41) is 20.8. The maximum Gasteiger partial charge on any atom is 0.306 e. The molecule has 1 rings (SSSR count). The molecule has 0 radical (unpaired) electrons. The Bertz CT molecular complexity index is 411. The Morgan fingerprint density at radius 1 is 1.39 bits per heavy atom. The zero-order chi connectivity index (χ0) is 13.7. The third-order valence-electron chi connectivity index (χ3n) is 2.62. The predicted octanol–water partition coefficient (Wildman–Crippen LogP) is 1.37. The zero-order valence-electron chi connectivity index (χ0n) is 10.5. The first-order valence-electron chi connectivity index (χ1n) is 5.76. The highest BCUT2D eigenvalue weighted by Crippen LogP contribution is 2.14. The second-order valence-corrected chi connectivity index (χ2v) is 4.43. The summed E-state index contributed by atoms with van der Waals surface area (Å²) < 4.78 is 13.4. The molecule has 0 aromatic heterocycles. The highest BCUT2D eigenvalue weighted by molar-refractivity contribution is 5.67. The fourth-order valence-electron chi connectivity index (χ4n) is 1.79. The van der Waals surface area contributed by atoms with Crippen molar-refractivity contribution >= 4 is 5.97 Å². The second-order valence-electron chi connectivity index (χ2n) is 4.43. The summed E-state index contributed by atoms with van der Waals surface area (Å²) in [6.45, 7) is 4.07. The number of carbonyl (C=O) groups is 1. The van der Waals surface area contributed by atoms with E-state index in [2.05, 4.69) is 5.32 Å². The average Bonchev–Trinajstić information content (AvgIpc) is 2.24. The maximum absolute atomic E-state index is 13.4. The highest BCUT2D eigenvalue weighted by Gasteiger charge is 2.09. The van der Waals surface area contributed by atoms with Gasteiger partial charge >= 0.3 is 5.97 Å². The average molecular weight is 255 g/mol. The minimum atomic E-state index is -1.03. The van der Waals surface area contributed by atoms with Gasteiger partial charge < -0.3 is 15.5 Å². The molecule has 1 aromatic carbocycles. The van der Waals surface area contributed by atoms with Crippen LogP contribution in [0.15, 0.2) is 12.1 Å². The van der Waals surface area contributed by atoms with Crippen molar-refractivity contribution in [1.82, 2.24) is 5.32 Å². The monoisotopic (exact) mass is 255 g/mol. The van der Waals surface area contributed by atoms with Crippen molar-refractivity contribution in [2.45, 2.75) is 32.9 Å². The Labute approximate surface area is 105 Å². The molecule has 1 atom stereocenters. The summed E-state index contributed by atoms with van der Waals surface area (Å²) in [5.41, 5.74) is 2.07. The lowest BCUT2D eigenvalue weighted by molar-refractivity contribution is -0.139. The molecule has 0 saturated heterocycles. The van der Waals surface area contributed by atoms with E-state index in [1.165, 1.54) is 0 Å². The van der Waals surface area contributed by atoms with Crippen molar-refractivity contribution in [3.63, 3.8) is 0 Å². The molecule has 0 aliphatic carbocycles. The quantitative estimate of drug-likeness (QED) is 0.718. The normalized spacial score (nSPS) is 12.4.